The van der Waals surface area contributed by atoms with Crippen LogP contribution in [0.2, 0.25) is 0 Å². The lowest BCUT2D eigenvalue weighted by Crippen LogP contribution is -2.19. The van der Waals surface area contributed by atoms with Gasteiger partial charge < -0.3 is 0 Å². The summed E-state index contributed by atoms with van der Waals surface area (Å²) in [6, 6.07) is 29.4. The number of hydrogen-bond acceptors (Lipinski definition) is 5. The summed E-state index contributed by atoms with van der Waals surface area (Å²) < 4.78 is 57.0. The van der Waals surface area contributed by atoms with Crippen molar-refractivity contribution in [1.82, 2.24) is 7.94 Å². The Balaban J connectivity index is 1.62. The minimum atomic E-state index is -4.16. The van der Waals surface area contributed by atoms with Gasteiger partial charge in [-0.05, 0) is 55.5 Å². The van der Waals surface area contributed by atoms with Crippen LogP contribution < -0.4 is 0 Å². The number of rotatable bonds is 6. The first-order chi connectivity index (χ1) is 18.7. The standard InChI is InChI=1S/C30H22N2O5S2/c1-21-16-17-28-25(18-21)26(20-31(28)38(34,35)23-11-4-2-5-12-23)30(33)29-19-22-10-8-9-15-27(22)32(29)39(36,37)24-13-6-3-7-14-24/h2-20H,1H3. The van der Waals surface area contributed by atoms with Crippen LogP contribution in [0.25, 0.3) is 21.8 Å². The van der Waals surface area contributed by atoms with Crippen LogP contribution in [0.3, 0.4) is 0 Å². The average Bonchev–Trinajstić information content (AvgIpc) is 3.53. The SMILES string of the molecule is Cc1ccc2c(c1)c(C(=O)c1cc3ccccc3n1S(=O)(=O)c1ccccc1)cn2S(=O)(=O)c1ccccc1. The zero-order chi connectivity index (χ0) is 27.4. The molecule has 0 atom stereocenters. The molecule has 0 aliphatic rings. The van der Waals surface area contributed by atoms with E-state index >= 15 is 0 Å². The maximum atomic E-state index is 14.2. The van der Waals surface area contributed by atoms with Crippen LogP contribution in [0, 0.1) is 6.92 Å². The van der Waals surface area contributed by atoms with Crippen molar-refractivity contribution in [3.8, 4) is 0 Å². The van der Waals surface area contributed by atoms with Crippen molar-refractivity contribution in [2.24, 2.45) is 0 Å². The number of aromatic nitrogens is 2. The van der Waals surface area contributed by atoms with Gasteiger partial charge in [0.05, 0.1) is 26.4 Å². The predicted octanol–water partition coefficient (Wildman–Crippen LogP) is 5.61. The lowest BCUT2D eigenvalue weighted by atomic mass is 10.1. The fourth-order valence-electron chi connectivity index (χ4n) is 4.78. The third-order valence-corrected chi connectivity index (χ3v) is 10.1. The second kappa shape index (κ2) is 9.07. The molecule has 0 saturated heterocycles. The Hall–Kier alpha value is -4.47. The second-order valence-corrected chi connectivity index (χ2v) is 12.8. The molecule has 0 radical (unpaired) electrons. The van der Waals surface area contributed by atoms with Crippen LogP contribution in [-0.2, 0) is 20.0 Å². The van der Waals surface area contributed by atoms with Crippen LogP contribution >= 0.6 is 0 Å². The topological polar surface area (TPSA) is 95.2 Å². The summed E-state index contributed by atoms with van der Waals surface area (Å²) >= 11 is 0. The van der Waals surface area contributed by atoms with Gasteiger partial charge in [-0.3, -0.25) is 4.79 Å². The fourth-order valence-corrected chi connectivity index (χ4v) is 7.70. The van der Waals surface area contributed by atoms with E-state index < -0.39 is 25.8 Å². The zero-order valence-corrected chi connectivity index (χ0v) is 22.4. The highest BCUT2D eigenvalue weighted by Gasteiger charge is 2.30. The number of carbonyl (C=O) groups is 1. The van der Waals surface area contributed by atoms with Crippen LogP contribution in [-0.4, -0.2) is 30.6 Å². The number of aryl methyl sites for hydroxylation is 1. The van der Waals surface area contributed by atoms with Gasteiger partial charge in [0.25, 0.3) is 20.0 Å². The Morgan fingerprint density at radius 2 is 1.23 bits per heavy atom. The first-order valence-electron chi connectivity index (χ1n) is 12.1. The summed E-state index contributed by atoms with van der Waals surface area (Å²) in [6.45, 7) is 1.84. The summed E-state index contributed by atoms with van der Waals surface area (Å²) in [5.74, 6) is -0.608. The molecular formula is C30H22N2O5S2. The zero-order valence-electron chi connectivity index (χ0n) is 20.7. The molecule has 0 bridgehead atoms. The van der Waals surface area contributed by atoms with Gasteiger partial charge in [-0.25, -0.2) is 24.8 Å². The maximum absolute atomic E-state index is 14.2. The summed E-state index contributed by atoms with van der Waals surface area (Å²) in [5, 5.41) is 0.977. The molecule has 0 saturated carbocycles. The van der Waals surface area contributed by atoms with E-state index in [0.717, 1.165) is 13.5 Å². The Morgan fingerprint density at radius 1 is 0.641 bits per heavy atom. The lowest BCUT2D eigenvalue weighted by Gasteiger charge is -2.11. The van der Waals surface area contributed by atoms with Crippen LogP contribution in [0.5, 0.6) is 0 Å². The average molecular weight is 555 g/mol. The molecule has 0 N–H and O–H groups in total. The summed E-state index contributed by atoms with van der Waals surface area (Å²) in [6.07, 6.45) is 1.28. The van der Waals surface area contributed by atoms with Gasteiger partial charge >= 0.3 is 0 Å². The number of hydrogen-bond donors (Lipinski definition) is 0. The van der Waals surface area contributed by atoms with Gasteiger partial charge in [-0.2, -0.15) is 0 Å². The molecule has 2 heterocycles. The molecule has 0 aliphatic heterocycles. The quantitative estimate of drug-likeness (QED) is 0.250. The number of nitrogens with zero attached hydrogens (tertiary/aromatic N) is 2. The highest BCUT2D eigenvalue weighted by atomic mass is 32.2. The molecule has 0 unspecified atom stereocenters. The van der Waals surface area contributed by atoms with Gasteiger partial charge in [0.2, 0.25) is 5.78 Å². The van der Waals surface area contributed by atoms with Crippen molar-refractivity contribution in [3.63, 3.8) is 0 Å². The number of ketones is 1. The van der Waals surface area contributed by atoms with Crippen LogP contribution in [0.15, 0.2) is 125 Å². The molecule has 4 aromatic carbocycles. The first kappa shape index (κ1) is 24.8. The molecule has 9 heteroatoms. The van der Waals surface area contributed by atoms with Gasteiger partial charge in [-0.1, -0.05) is 66.2 Å². The summed E-state index contributed by atoms with van der Waals surface area (Å²) in [7, 11) is -8.20. The summed E-state index contributed by atoms with van der Waals surface area (Å²) in [5.41, 5.74) is 1.49. The Labute approximate surface area is 225 Å². The molecular weight excluding hydrogens is 532 g/mol. The highest BCUT2D eigenvalue weighted by Crippen LogP contribution is 2.32. The van der Waals surface area contributed by atoms with E-state index in [1.165, 1.54) is 36.5 Å². The molecule has 0 spiro atoms. The molecule has 6 rings (SSSR count). The molecule has 6 aromatic rings. The molecule has 0 aliphatic carbocycles. The van der Waals surface area contributed by atoms with Crippen LogP contribution in [0.4, 0.5) is 0 Å². The highest BCUT2D eigenvalue weighted by molar-refractivity contribution is 7.90. The fraction of sp³-hybridized carbons (Fsp3) is 0.0333. The Morgan fingerprint density at radius 3 is 1.90 bits per heavy atom. The molecule has 0 fully saturated rings. The molecule has 2 aromatic heterocycles. The Kier molecular flexibility index (Phi) is 5.78. The van der Waals surface area contributed by atoms with Crippen molar-refractivity contribution in [2.45, 2.75) is 16.7 Å². The minimum Gasteiger partial charge on any atom is -0.287 e. The van der Waals surface area contributed by atoms with Crippen molar-refractivity contribution < 1.29 is 21.6 Å². The van der Waals surface area contributed by atoms with E-state index in [1.54, 1.807) is 78.9 Å². The van der Waals surface area contributed by atoms with Crippen molar-refractivity contribution in [3.05, 3.63) is 132 Å². The largest absolute Gasteiger partial charge is 0.287 e. The van der Waals surface area contributed by atoms with Crippen LogP contribution in [0.1, 0.15) is 21.6 Å². The second-order valence-electron chi connectivity index (χ2n) is 9.18. The van der Waals surface area contributed by atoms with E-state index in [1.807, 2.05) is 6.92 Å². The molecule has 194 valence electrons. The van der Waals surface area contributed by atoms with E-state index in [9.17, 15) is 21.6 Å². The maximum Gasteiger partial charge on any atom is 0.268 e. The Bertz CT molecular complexity index is 2110. The van der Waals surface area contributed by atoms with E-state index in [-0.39, 0.29) is 21.0 Å². The monoisotopic (exact) mass is 554 g/mol. The van der Waals surface area contributed by atoms with Crippen molar-refractivity contribution in [2.75, 3.05) is 0 Å². The minimum absolute atomic E-state index is 0.0327. The van der Waals surface area contributed by atoms with Gasteiger partial charge in [0.1, 0.15) is 5.69 Å². The molecule has 39 heavy (non-hydrogen) atoms. The van der Waals surface area contributed by atoms with E-state index in [4.69, 9.17) is 0 Å². The molecule has 0 amide bonds. The third-order valence-electron chi connectivity index (χ3n) is 6.65. The van der Waals surface area contributed by atoms with E-state index in [0.29, 0.717) is 21.8 Å². The van der Waals surface area contributed by atoms with Gasteiger partial charge in [-0.15, -0.1) is 0 Å². The number of para-hydroxylation sites is 1. The number of benzene rings is 4. The predicted molar refractivity (Wildman–Crippen MR) is 150 cm³/mol. The van der Waals surface area contributed by atoms with Gasteiger partial charge in [0, 0.05) is 17.0 Å². The smallest absolute Gasteiger partial charge is 0.268 e. The molecule has 7 nitrogen and oxygen atoms in total. The third kappa shape index (κ3) is 3.98. The number of carbonyl (C=O) groups excluding carboxylic acids is 1. The normalized spacial score (nSPS) is 12.2. The van der Waals surface area contributed by atoms with Gasteiger partial charge in [0.15, 0.2) is 0 Å². The number of fused-ring (bicyclic) bond motifs is 2. The van der Waals surface area contributed by atoms with E-state index in [2.05, 4.69) is 0 Å². The van der Waals surface area contributed by atoms with Crippen molar-refractivity contribution >= 4 is 47.6 Å². The lowest BCUT2D eigenvalue weighted by molar-refractivity contribution is 0.103. The summed E-state index contributed by atoms with van der Waals surface area (Å²) in [4.78, 5) is 14.3. The first-order valence-corrected chi connectivity index (χ1v) is 15.0. The van der Waals surface area contributed by atoms with Crippen molar-refractivity contribution in [1.29, 1.82) is 0 Å².